The van der Waals surface area contributed by atoms with Crippen LogP contribution in [-0.2, 0) is 12.3 Å². The molecule has 0 saturated heterocycles. The lowest BCUT2D eigenvalue weighted by molar-refractivity contribution is 0.393. The number of halogens is 2. The van der Waals surface area contributed by atoms with Gasteiger partial charge in [-0.05, 0) is 25.1 Å². The lowest BCUT2D eigenvalue weighted by Gasteiger charge is -2.08. The zero-order valence-corrected chi connectivity index (χ0v) is 15.2. The molecule has 3 rings (SSSR count). The van der Waals surface area contributed by atoms with Crippen LogP contribution in [0.2, 0.25) is 10.0 Å². The van der Waals surface area contributed by atoms with Gasteiger partial charge in [0, 0.05) is 29.0 Å². The zero-order chi connectivity index (χ0) is 17.1. The van der Waals surface area contributed by atoms with Crippen LogP contribution in [0.25, 0.3) is 11.4 Å². The first-order valence-electron chi connectivity index (χ1n) is 7.13. The Kier molecular flexibility index (Phi) is 5.28. The average Bonchev–Trinajstić information content (AvgIpc) is 3.13. The maximum absolute atomic E-state index is 6.30. The first-order chi connectivity index (χ1) is 11.6. The highest BCUT2D eigenvalue weighted by Gasteiger charge is 2.16. The minimum absolute atomic E-state index is 0.531. The Bertz CT molecular complexity index is 875. The summed E-state index contributed by atoms with van der Waals surface area (Å²) in [5.74, 6) is 2.10. The molecule has 1 aromatic carbocycles. The Balaban J connectivity index is 1.90. The lowest BCUT2D eigenvalue weighted by Crippen LogP contribution is -2.01. The van der Waals surface area contributed by atoms with Gasteiger partial charge < -0.3 is 4.52 Å². The molecule has 0 fully saturated rings. The maximum atomic E-state index is 6.30. The van der Waals surface area contributed by atoms with E-state index in [4.69, 9.17) is 27.7 Å². The standard InChI is InChI=1S/C16H14Cl2N4OS/c1-3-6-22-15(13-5-4-11(17)8-14(13)18)19-20-16(22)24-9-12-7-10(2)23-21-12/h3-5,7-8H,1,6,9H2,2H3. The molecule has 24 heavy (non-hydrogen) atoms. The van der Waals surface area contributed by atoms with Crippen molar-refractivity contribution in [2.45, 2.75) is 24.4 Å². The van der Waals surface area contributed by atoms with Gasteiger partial charge in [-0.1, -0.05) is 46.2 Å². The van der Waals surface area contributed by atoms with Crippen LogP contribution in [0.5, 0.6) is 0 Å². The summed E-state index contributed by atoms with van der Waals surface area (Å²) in [5, 5.41) is 14.4. The van der Waals surface area contributed by atoms with E-state index in [2.05, 4.69) is 21.9 Å². The van der Waals surface area contributed by atoms with Gasteiger partial charge in [0.15, 0.2) is 11.0 Å². The number of nitrogens with zero attached hydrogens (tertiary/aromatic N) is 4. The molecule has 3 aromatic rings. The minimum Gasteiger partial charge on any atom is -0.361 e. The smallest absolute Gasteiger partial charge is 0.192 e. The molecular weight excluding hydrogens is 367 g/mol. The summed E-state index contributed by atoms with van der Waals surface area (Å²) >= 11 is 13.8. The Morgan fingerprint density at radius 1 is 1.29 bits per heavy atom. The molecule has 0 atom stereocenters. The van der Waals surface area contributed by atoms with Gasteiger partial charge in [0.1, 0.15) is 5.76 Å². The van der Waals surface area contributed by atoms with Crippen LogP contribution in [0.1, 0.15) is 11.5 Å². The van der Waals surface area contributed by atoms with Crippen molar-refractivity contribution in [3.8, 4) is 11.4 Å². The molecule has 0 aliphatic carbocycles. The monoisotopic (exact) mass is 380 g/mol. The minimum atomic E-state index is 0.531. The number of hydrogen-bond acceptors (Lipinski definition) is 5. The molecule has 0 aliphatic rings. The van der Waals surface area contributed by atoms with Crippen LogP contribution in [0.15, 0.2) is 46.6 Å². The molecule has 0 unspecified atom stereocenters. The quantitative estimate of drug-likeness (QED) is 0.443. The van der Waals surface area contributed by atoms with E-state index in [9.17, 15) is 0 Å². The van der Waals surface area contributed by atoms with Gasteiger partial charge in [-0.2, -0.15) is 0 Å². The Labute approximate surface area is 153 Å². The molecule has 124 valence electrons. The van der Waals surface area contributed by atoms with Gasteiger partial charge in [-0.15, -0.1) is 16.8 Å². The second kappa shape index (κ2) is 7.42. The molecule has 0 radical (unpaired) electrons. The number of aromatic nitrogens is 4. The predicted octanol–water partition coefficient (Wildman–Crippen LogP) is 5.03. The first kappa shape index (κ1) is 17.1. The predicted molar refractivity (Wildman–Crippen MR) is 96.5 cm³/mol. The topological polar surface area (TPSA) is 56.7 Å². The largest absolute Gasteiger partial charge is 0.361 e. The van der Waals surface area contributed by atoms with Gasteiger partial charge in [-0.25, -0.2) is 0 Å². The van der Waals surface area contributed by atoms with Crippen molar-refractivity contribution in [3.63, 3.8) is 0 Å². The summed E-state index contributed by atoms with van der Waals surface area (Å²) in [7, 11) is 0. The molecule has 0 amide bonds. The highest BCUT2D eigenvalue weighted by atomic mass is 35.5. The Hall–Kier alpha value is -1.76. The second-order valence-electron chi connectivity index (χ2n) is 5.05. The van der Waals surface area contributed by atoms with Gasteiger partial charge in [0.2, 0.25) is 0 Å². The van der Waals surface area contributed by atoms with E-state index in [0.29, 0.717) is 28.2 Å². The van der Waals surface area contributed by atoms with Crippen LogP contribution in [-0.4, -0.2) is 19.9 Å². The number of hydrogen-bond donors (Lipinski definition) is 0. The fraction of sp³-hybridized carbons (Fsp3) is 0.188. The van der Waals surface area contributed by atoms with Gasteiger partial charge >= 0.3 is 0 Å². The van der Waals surface area contributed by atoms with Crippen LogP contribution in [0.3, 0.4) is 0 Å². The van der Waals surface area contributed by atoms with Crippen LogP contribution < -0.4 is 0 Å². The molecule has 2 heterocycles. The van der Waals surface area contributed by atoms with Crippen molar-refractivity contribution in [1.29, 1.82) is 0 Å². The van der Waals surface area contributed by atoms with E-state index >= 15 is 0 Å². The number of allylic oxidation sites excluding steroid dienone is 1. The SMILES string of the molecule is C=CCn1c(SCc2cc(C)on2)nnc1-c1ccc(Cl)cc1Cl. The van der Waals surface area contributed by atoms with E-state index in [1.165, 1.54) is 11.8 Å². The molecule has 0 saturated carbocycles. The molecule has 0 N–H and O–H groups in total. The van der Waals surface area contributed by atoms with Crippen LogP contribution in [0.4, 0.5) is 0 Å². The molecule has 0 aliphatic heterocycles. The number of benzene rings is 1. The highest BCUT2D eigenvalue weighted by Crippen LogP contribution is 2.32. The second-order valence-corrected chi connectivity index (χ2v) is 6.83. The molecule has 2 aromatic heterocycles. The summed E-state index contributed by atoms with van der Waals surface area (Å²) in [6, 6.07) is 7.21. The Morgan fingerprint density at radius 2 is 2.12 bits per heavy atom. The van der Waals surface area contributed by atoms with Crippen LogP contribution in [0, 0.1) is 6.92 Å². The Morgan fingerprint density at radius 3 is 2.79 bits per heavy atom. The highest BCUT2D eigenvalue weighted by molar-refractivity contribution is 7.98. The van der Waals surface area contributed by atoms with Crippen molar-refractivity contribution < 1.29 is 4.52 Å². The molecule has 8 heteroatoms. The van der Waals surface area contributed by atoms with Crippen molar-refractivity contribution >= 4 is 35.0 Å². The maximum Gasteiger partial charge on any atom is 0.192 e. The average molecular weight is 381 g/mol. The molecule has 0 spiro atoms. The first-order valence-corrected chi connectivity index (χ1v) is 8.87. The fourth-order valence-electron chi connectivity index (χ4n) is 2.18. The summed E-state index contributed by atoms with van der Waals surface area (Å²) in [4.78, 5) is 0. The fourth-order valence-corrected chi connectivity index (χ4v) is 3.51. The van der Waals surface area contributed by atoms with Crippen molar-refractivity contribution in [1.82, 2.24) is 19.9 Å². The summed E-state index contributed by atoms with van der Waals surface area (Å²) in [5.41, 5.74) is 1.64. The van der Waals surface area contributed by atoms with E-state index in [-0.39, 0.29) is 0 Å². The molecular formula is C16H14Cl2N4OS. The third-order valence-electron chi connectivity index (χ3n) is 3.23. The number of aryl methyl sites for hydroxylation is 1. The lowest BCUT2D eigenvalue weighted by atomic mass is 10.2. The summed E-state index contributed by atoms with van der Waals surface area (Å²) in [6.45, 7) is 6.24. The third kappa shape index (κ3) is 3.66. The summed E-state index contributed by atoms with van der Waals surface area (Å²) < 4.78 is 7.04. The molecule has 5 nitrogen and oxygen atoms in total. The van der Waals surface area contributed by atoms with Gasteiger partial charge in [0.05, 0.1) is 10.7 Å². The normalized spacial score (nSPS) is 11.0. The van der Waals surface area contributed by atoms with E-state index in [0.717, 1.165) is 22.2 Å². The van der Waals surface area contributed by atoms with Gasteiger partial charge in [0.25, 0.3) is 0 Å². The van der Waals surface area contributed by atoms with E-state index < -0.39 is 0 Å². The van der Waals surface area contributed by atoms with Crippen molar-refractivity contribution in [3.05, 3.63) is 58.4 Å². The molecule has 0 bridgehead atoms. The number of rotatable bonds is 6. The zero-order valence-electron chi connectivity index (χ0n) is 12.9. The van der Waals surface area contributed by atoms with Crippen molar-refractivity contribution in [2.24, 2.45) is 0 Å². The van der Waals surface area contributed by atoms with Crippen LogP contribution >= 0.6 is 35.0 Å². The van der Waals surface area contributed by atoms with E-state index in [1.807, 2.05) is 23.6 Å². The van der Waals surface area contributed by atoms with Crippen molar-refractivity contribution in [2.75, 3.05) is 0 Å². The third-order valence-corrected chi connectivity index (χ3v) is 4.77. The van der Waals surface area contributed by atoms with E-state index in [1.54, 1.807) is 18.2 Å². The number of thioether (sulfide) groups is 1. The summed E-state index contributed by atoms with van der Waals surface area (Å²) in [6.07, 6.45) is 1.79. The van der Waals surface area contributed by atoms with Gasteiger partial charge in [-0.3, -0.25) is 4.57 Å².